The first-order valence-corrected chi connectivity index (χ1v) is 8.20. The van der Waals surface area contributed by atoms with Crippen molar-refractivity contribution >= 4 is 17.6 Å². The molecular weight excluding hydrogens is 288 g/mol. The molecule has 1 aliphatic rings. The first kappa shape index (κ1) is 15.5. The molecular formula is C17H24N6. The van der Waals surface area contributed by atoms with E-state index in [0.717, 1.165) is 38.7 Å². The van der Waals surface area contributed by atoms with E-state index in [-0.39, 0.29) is 0 Å². The van der Waals surface area contributed by atoms with Crippen LogP contribution in [0, 0.1) is 5.92 Å². The summed E-state index contributed by atoms with van der Waals surface area (Å²) in [6.45, 7) is 8.99. The van der Waals surface area contributed by atoms with Crippen LogP contribution >= 0.6 is 0 Å². The first-order chi connectivity index (χ1) is 11.2. The van der Waals surface area contributed by atoms with Gasteiger partial charge in [0.05, 0.1) is 0 Å². The lowest BCUT2D eigenvalue weighted by molar-refractivity contribution is 0.637. The Kier molecular flexibility index (Phi) is 4.90. The number of rotatable bonds is 5. The molecule has 1 saturated heterocycles. The summed E-state index contributed by atoms with van der Waals surface area (Å²) in [6, 6.07) is 10.5. The van der Waals surface area contributed by atoms with Gasteiger partial charge in [0.2, 0.25) is 11.9 Å². The summed E-state index contributed by atoms with van der Waals surface area (Å²) in [6.07, 6.45) is 1.59. The van der Waals surface area contributed by atoms with E-state index in [1.807, 2.05) is 0 Å². The molecule has 122 valence electrons. The molecule has 0 aliphatic carbocycles. The van der Waals surface area contributed by atoms with E-state index >= 15 is 0 Å². The van der Waals surface area contributed by atoms with Crippen molar-refractivity contribution in [1.29, 1.82) is 0 Å². The summed E-state index contributed by atoms with van der Waals surface area (Å²) in [7, 11) is 0. The Morgan fingerprint density at radius 3 is 2.39 bits per heavy atom. The predicted octanol–water partition coefficient (Wildman–Crippen LogP) is 2.27. The third-order valence-electron chi connectivity index (χ3n) is 3.91. The fourth-order valence-corrected chi connectivity index (χ4v) is 2.62. The van der Waals surface area contributed by atoms with E-state index in [0.29, 0.717) is 11.9 Å². The fraction of sp³-hybridized carbons (Fsp3) is 0.471. The van der Waals surface area contributed by atoms with Crippen molar-refractivity contribution in [3.05, 3.63) is 36.7 Å². The van der Waals surface area contributed by atoms with Gasteiger partial charge in [-0.1, -0.05) is 32.0 Å². The van der Waals surface area contributed by atoms with E-state index in [1.54, 1.807) is 6.33 Å². The van der Waals surface area contributed by atoms with Gasteiger partial charge in [0, 0.05) is 38.4 Å². The molecule has 6 nitrogen and oxygen atoms in total. The van der Waals surface area contributed by atoms with Crippen LogP contribution < -0.4 is 15.1 Å². The van der Waals surface area contributed by atoms with E-state index < -0.39 is 0 Å². The first-order valence-electron chi connectivity index (χ1n) is 8.20. The molecule has 6 heteroatoms. The van der Waals surface area contributed by atoms with E-state index in [1.165, 1.54) is 5.69 Å². The highest BCUT2D eigenvalue weighted by Gasteiger charge is 2.19. The average molecular weight is 312 g/mol. The molecule has 0 unspecified atom stereocenters. The van der Waals surface area contributed by atoms with Crippen molar-refractivity contribution in [2.75, 3.05) is 47.8 Å². The van der Waals surface area contributed by atoms with Crippen LogP contribution in [0.2, 0.25) is 0 Å². The van der Waals surface area contributed by atoms with Gasteiger partial charge in [-0.25, -0.2) is 9.97 Å². The number of hydrogen-bond donors (Lipinski definition) is 1. The molecule has 23 heavy (non-hydrogen) atoms. The van der Waals surface area contributed by atoms with Crippen LogP contribution in [-0.2, 0) is 0 Å². The lowest BCUT2D eigenvalue weighted by Gasteiger charge is -2.36. The van der Waals surface area contributed by atoms with Crippen LogP contribution in [0.15, 0.2) is 36.7 Å². The molecule has 3 rings (SSSR count). The topological polar surface area (TPSA) is 57.2 Å². The van der Waals surface area contributed by atoms with Crippen LogP contribution in [0.3, 0.4) is 0 Å². The van der Waals surface area contributed by atoms with Crippen LogP contribution in [0.1, 0.15) is 13.8 Å². The molecule has 0 saturated carbocycles. The highest BCUT2D eigenvalue weighted by Crippen LogP contribution is 2.18. The van der Waals surface area contributed by atoms with Gasteiger partial charge in [-0.05, 0) is 18.1 Å². The van der Waals surface area contributed by atoms with Crippen LogP contribution in [0.5, 0.6) is 0 Å². The Balaban J connectivity index is 1.60. The quantitative estimate of drug-likeness (QED) is 0.914. The maximum absolute atomic E-state index is 4.54. The monoisotopic (exact) mass is 312 g/mol. The summed E-state index contributed by atoms with van der Waals surface area (Å²) in [4.78, 5) is 17.7. The van der Waals surface area contributed by atoms with Crippen LogP contribution in [0.4, 0.5) is 17.6 Å². The minimum Gasteiger partial charge on any atom is -0.368 e. The number of hydrogen-bond acceptors (Lipinski definition) is 6. The van der Waals surface area contributed by atoms with E-state index in [9.17, 15) is 0 Å². The van der Waals surface area contributed by atoms with Crippen molar-refractivity contribution in [3.63, 3.8) is 0 Å². The van der Waals surface area contributed by atoms with Gasteiger partial charge in [-0.2, -0.15) is 4.98 Å². The molecule has 1 N–H and O–H groups in total. The van der Waals surface area contributed by atoms with Gasteiger partial charge in [0.25, 0.3) is 0 Å². The standard InChI is InChI=1S/C17H24N6/c1-14(2)12-18-16-19-13-20-17(21-16)23-10-8-22(9-11-23)15-6-4-3-5-7-15/h3-7,13-14H,8-12H2,1-2H3,(H,18,19,20,21). The van der Waals surface area contributed by atoms with Gasteiger partial charge < -0.3 is 15.1 Å². The molecule has 1 aliphatic heterocycles. The molecule has 0 bridgehead atoms. The summed E-state index contributed by atoms with van der Waals surface area (Å²) < 4.78 is 0. The molecule has 2 aromatic rings. The summed E-state index contributed by atoms with van der Waals surface area (Å²) in [5.74, 6) is 1.98. The van der Waals surface area contributed by atoms with Gasteiger partial charge in [0.15, 0.2) is 0 Å². The number of aromatic nitrogens is 3. The number of para-hydroxylation sites is 1. The van der Waals surface area contributed by atoms with Gasteiger partial charge >= 0.3 is 0 Å². The second kappa shape index (κ2) is 7.26. The Hall–Kier alpha value is -2.37. The van der Waals surface area contributed by atoms with E-state index in [2.05, 4.69) is 74.2 Å². The molecule has 2 heterocycles. The van der Waals surface area contributed by atoms with Crippen molar-refractivity contribution in [2.24, 2.45) is 5.92 Å². The minimum absolute atomic E-state index is 0.560. The smallest absolute Gasteiger partial charge is 0.230 e. The largest absolute Gasteiger partial charge is 0.368 e. The van der Waals surface area contributed by atoms with Crippen molar-refractivity contribution in [1.82, 2.24) is 15.0 Å². The molecule has 0 atom stereocenters. The summed E-state index contributed by atoms with van der Waals surface area (Å²) >= 11 is 0. The molecule has 1 aromatic carbocycles. The fourth-order valence-electron chi connectivity index (χ4n) is 2.62. The van der Waals surface area contributed by atoms with E-state index in [4.69, 9.17) is 0 Å². The van der Waals surface area contributed by atoms with Gasteiger partial charge in [-0.3, -0.25) is 0 Å². The second-order valence-corrected chi connectivity index (χ2v) is 6.19. The zero-order valence-corrected chi connectivity index (χ0v) is 13.8. The zero-order chi connectivity index (χ0) is 16.1. The van der Waals surface area contributed by atoms with Gasteiger partial charge in [0.1, 0.15) is 6.33 Å². The van der Waals surface area contributed by atoms with Crippen LogP contribution in [0.25, 0.3) is 0 Å². The van der Waals surface area contributed by atoms with Crippen molar-refractivity contribution in [2.45, 2.75) is 13.8 Å². The summed E-state index contributed by atoms with van der Waals surface area (Å²) in [5.41, 5.74) is 1.28. The lowest BCUT2D eigenvalue weighted by atomic mass is 10.2. The second-order valence-electron chi connectivity index (χ2n) is 6.19. The molecule has 1 fully saturated rings. The minimum atomic E-state index is 0.560. The number of benzene rings is 1. The molecule has 0 radical (unpaired) electrons. The Morgan fingerprint density at radius 1 is 1.00 bits per heavy atom. The lowest BCUT2D eigenvalue weighted by Crippen LogP contribution is -2.47. The highest BCUT2D eigenvalue weighted by atomic mass is 15.3. The molecule has 0 amide bonds. The zero-order valence-electron chi connectivity index (χ0n) is 13.8. The Bertz CT molecular complexity index is 607. The normalized spacial score (nSPS) is 15.1. The number of nitrogens with zero attached hydrogens (tertiary/aromatic N) is 5. The third-order valence-corrected chi connectivity index (χ3v) is 3.91. The maximum Gasteiger partial charge on any atom is 0.230 e. The molecule has 0 spiro atoms. The number of anilines is 3. The SMILES string of the molecule is CC(C)CNc1ncnc(N2CCN(c3ccccc3)CC2)n1. The summed E-state index contributed by atoms with van der Waals surface area (Å²) in [5, 5.41) is 3.26. The average Bonchev–Trinajstić information content (AvgIpc) is 2.61. The third kappa shape index (κ3) is 4.09. The maximum atomic E-state index is 4.54. The Morgan fingerprint density at radius 2 is 1.70 bits per heavy atom. The number of nitrogens with one attached hydrogen (secondary N) is 1. The highest BCUT2D eigenvalue weighted by molar-refractivity contribution is 5.48. The number of piperazine rings is 1. The predicted molar refractivity (Wildman–Crippen MR) is 94.0 cm³/mol. The molecule has 1 aromatic heterocycles. The van der Waals surface area contributed by atoms with Crippen molar-refractivity contribution in [3.8, 4) is 0 Å². The van der Waals surface area contributed by atoms with Crippen LogP contribution in [-0.4, -0.2) is 47.7 Å². The van der Waals surface area contributed by atoms with Crippen molar-refractivity contribution < 1.29 is 0 Å². The Labute approximate surface area is 137 Å². The van der Waals surface area contributed by atoms with Gasteiger partial charge in [-0.15, -0.1) is 0 Å².